The molecular weight excluding hydrogens is 402 g/mol. The quantitative estimate of drug-likeness (QED) is 0.352. The summed E-state index contributed by atoms with van der Waals surface area (Å²) in [6.45, 7) is 0. The molecule has 0 fully saturated rings. The van der Waals surface area contributed by atoms with Crippen LogP contribution in [-0.4, -0.2) is 11.4 Å². The predicted octanol–water partition coefficient (Wildman–Crippen LogP) is -1.99. The van der Waals surface area contributed by atoms with Crippen LogP contribution in [0.1, 0.15) is 0 Å². The second kappa shape index (κ2) is 4.48. The van der Waals surface area contributed by atoms with Crippen LogP contribution >= 0.6 is 30.3 Å². The van der Waals surface area contributed by atoms with Crippen LogP contribution in [0, 0.1) is 0 Å². The van der Waals surface area contributed by atoms with E-state index in [4.69, 9.17) is 11.4 Å². The first-order valence-electron chi connectivity index (χ1n) is 0.722. The van der Waals surface area contributed by atoms with Crippen LogP contribution in [0.2, 0.25) is 0 Å². The molecule has 5 heavy (non-hydrogen) atoms. The maximum absolute atomic E-state index is 5.36. The van der Waals surface area contributed by atoms with Crippen molar-refractivity contribution in [3.8, 4) is 0 Å². The van der Waals surface area contributed by atoms with E-state index >= 15 is 0 Å². The van der Waals surface area contributed by atoms with Gasteiger partial charge in [-0.1, -0.05) is 0 Å². The first-order valence-corrected chi connectivity index (χ1v) is 15.8. The molecule has 0 aromatic heterocycles. The van der Waals surface area contributed by atoms with Crippen molar-refractivity contribution in [2.24, 2.45) is 0 Å². The molecule has 0 heterocycles. The summed E-state index contributed by atoms with van der Waals surface area (Å²) >= 11 is 1.31. The minimum atomic E-state index is -0.924. The van der Waals surface area contributed by atoms with Crippen molar-refractivity contribution in [2.45, 2.75) is 0 Å². The van der Waals surface area contributed by atoms with Crippen molar-refractivity contribution in [3.63, 3.8) is 0 Å². The van der Waals surface area contributed by atoms with Gasteiger partial charge >= 0.3 is 58.7 Å². The van der Waals surface area contributed by atoms with E-state index in [-0.39, 0.29) is 17.0 Å². The molecule has 0 unspecified atom stereocenters. The zero-order chi connectivity index (χ0) is 4.28. The van der Waals surface area contributed by atoms with Crippen molar-refractivity contribution in [2.75, 3.05) is 0 Å². The Kier molecular flexibility index (Phi) is 6.56. The zero-order valence-electron chi connectivity index (χ0n) is 2.29. The fourth-order valence-corrected chi connectivity index (χ4v) is 0. The number of rotatable bonds is 1. The summed E-state index contributed by atoms with van der Waals surface area (Å²) in [7, 11) is 0. The average Bonchev–Trinajstić information content (AvgIpc) is 1.38. The third-order valence-corrected chi connectivity index (χ3v) is 11.6. The summed E-state index contributed by atoms with van der Waals surface area (Å²) in [4.78, 5) is 0. The molecular formula is B2I3-. The van der Waals surface area contributed by atoms with Crippen LogP contribution in [0.4, 0.5) is 0 Å². The molecule has 0 bridgehead atoms. The average molecular weight is 402 g/mol. The van der Waals surface area contributed by atoms with Crippen LogP contribution in [0.25, 0.3) is 0 Å². The van der Waals surface area contributed by atoms with Crippen LogP contribution in [0.3, 0.4) is 0 Å². The van der Waals surface area contributed by atoms with Gasteiger partial charge in [-0.25, -0.2) is 0 Å². The molecule has 0 aromatic carbocycles. The van der Waals surface area contributed by atoms with Gasteiger partial charge in [0.2, 0.25) is 0 Å². The molecule has 0 aliphatic carbocycles. The first kappa shape index (κ1) is 7.32. The van der Waals surface area contributed by atoms with E-state index in [0.717, 1.165) is 0 Å². The van der Waals surface area contributed by atoms with Gasteiger partial charge in [-0.15, -0.1) is 0 Å². The Morgan fingerprint density at radius 3 is 2.00 bits per heavy atom. The van der Waals surface area contributed by atoms with Gasteiger partial charge < -0.3 is 0 Å². The van der Waals surface area contributed by atoms with Crippen molar-refractivity contribution in [1.82, 2.24) is 0 Å². The molecule has 0 amide bonds. The van der Waals surface area contributed by atoms with Crippen LogP contribution in [-0.2, 0) is 0 Å². The number of hydrogen-bond acceptors (Lipinski definition) is 0. The molecule has 5 heteroatoms. The van der Waals surface area contributed by atoms with Crippen LogP contribution < -0.4 is 17.0 Å². The van der Waals surface area contributed by atoms with Gasteiger partial charge in [-0.05, 0) is 0 Å². The molecule has 0 nitrogen and oxygen atoms in total. The van der Waals surface area contributed by atoms with Crippen molar-refractivity contribution < 1.29 is 17.0 Å². The second-order valence-electron chi connectivity index (χ2n) is 0.301. The monoisotopic (exact) mass is 403 g/mol. The number of halogens is 3. The van der Waals surface area contributed by atoms with Gasteiger partial charge in [0.05, 0.1) is 0 Å². The van der Waals surface area contributed by atoms with Gasteiger partial charge in [0.15, 0.2) is 0 Å². The Morgan fingerprint density at radius 1 is 1.80 bits per heavy atom. The third kappa shape index (κ3) is 6.32. The van der Waals surface area contributed by atoms with Gasteiger partial charge in [0.1, 0.15) is 0 Å². The van der Waals surface area contributed by atoms with E-state index in [1.54, 1.807) is 0 Å². The summed E-state index contributed by atoms with van der Waals surface area (Å²) < 4.78 is 0. The molecule has 28 valence electrons. The molecule has 0 saturated heterocycles. The van der Waals surface area contributed by atoms with Gasteiger partial charge in [0, 0.05) is 0 Å². The second-order valence-corrected chi connectivity index (χ2v) is 27.4. The van der Waals surface area contributed by atoms with E-state index < -0.39 is 11.7 Å². The van der Waals surface area contributed by atoms with E-state index in [1.165, 1.54) is 0 Å². The van der Waals surface area contributed by atoms with E-state index in [1.807, 2.05) is 0 Å². The van der Waals surface area contributed by atoms with Crippen molar-refractivity contribution >= 4 is 41.7 Å². The Morgan fingerprint density at radius 2 is 2.00 bits per heavy atom. The topological polar surface area (TPSA) is 0 Å². The molecule has 0 aliphatic rings. The fraction of sp³-hybridized carbons (Fsp3) is 0. The van der Waals surface area contributed by atoms with Crippen molar-refractivity contribution in [3.05, 3.63) is 0 Å². The fourth-order valence-electron chi connectivity index (χ4n) is 0. The summed E-state index contributed by atoms with van der Waals surface area (Å²) in [6.07, 6.45) is 0. The Labute approximate surface area is 57.4 Å². The molecule has 0 atom stereocenters. The van der Waals surface area contributed by atoms with E-state index in [2.05, 4.69) is 18.6 Å². The molecule has 0 saturated carbocycles. The first-order chi connectivity index (χ1) is 2.27. The van der Waals surface area contributed by atoms with E-state index in [0.29, 0.717) is 0 Å². The Hall–Kier alpha value is 2.32. The standard InChI is InChI=1S/B2I3/c1-4-5(2)3/q-1. The number of hydrogen-bond donors (Lipinski definition) is 0. The molecule has 0 aliphatic heterocycles. The minimum absolute atomic E-state index is 0.0311. The van der Waals surface area contributed by atoms with Crippen molar-refractivity contribution in [1.29, 1.82) is 0 Å². The zero-order valence-corrected chi connectivity index (χ0v) is 8.76. The SMILES string of the molecule is [B][I-]I([B])I. The maximum atomic E-state index is 5.36. The molecule has 0 aromatic rings. The normalized spacial score (nSPS) is 11.8. The van der Waals surface area contributed by atoms with Gasteiger partial charge in [-0.2, -0.15) is 0 Å². The molecule has 0 N–H and O–H groups in total. The van der Waals surface area contributed by atoms with Gasteiger partial charge in [-0.3, -0.25) is 0 Å². The van der Waals surface area contributed by atoms with Crippen LogP contribution in [0.15, 0.2) is 0 Å². The molecule has 4 radical (unpaired) electrons. The summed E-state index contributed by atoms with van der Waals surface area (Å²) in [5.41, 5.74) is 10.6. The van der Waals surface area contributed by atoms with Gasteiger partial charge in [0.25, 0.3) is 0 Å². The van der Waals surface area contributed by atoms with Crippen LogP contribution in [0.5, 0.6) is 0 Å². The Bertz CT molecular complexity index is 18.9. The summed E-state index contributed by atoms with van der Waals surface area (Å²) in [5.74, 6) is 0. The Balaban J connectivity index is 2.54. The summed E-state index contributed by atoms with van der Waals surface area (Å²) in [6, 6.07) is 0. The molecule has 0 rings (SSSR count). The predicted molar refractivity (Wildman–Crippen MR) is 39.5 cm³/mol. The summed E-state index contributed by atoms with van der Waals surface area (Å²) in [5, 5.41) is 0. The molecule has 0 spiro atoms. The van der Waals surface area contributed by atoms with E-state index in [9.17, 15) is 0 Å². The third-order valence-electron chi connectivity index (χ3n) is 0.0788.